The Hall–Kier alpha value is -0.610. The molecule has 0 aromatic carbocycles. The summed E-state index contributed by atoms with van der Waals surface area (Å²) in [6.45, 7) is 0.629. The highest BCUT2D eigenvalue weighted by atomic mass is 16.3. The van der Waals surface area contributed by atoms with Crippen molar-refractivity contribution in [1.82, 2.24) is 5.32 Å². The number of nitrogens with one attached hydrogen (secondary N) is 1. The Kier molecular flexibility index (Phi) is 2.24. The van der Waals surface area contributed by atoms with Crippen molar-refractivity contribution >= 4 is 5.91 Å². The second kappa shape index (κ2) is 2.98. The van der Waals surface area contributed by atoms with Gasteiger partial charge in [0.25, 0.3) is 0 Å². The van der Waals surface area contributed by atoms with E-state index in [1.165, 1.54) is 0 Å². The van der Waals surface area contributed by atoms with Crippen LogP contribution < -0.4 is 11.1 Å². The fraction of sp³-hybridized carbons (Fsp3) is 0.833. The molecule has 0 aliphatic carbocycles. The fourth-order valence-electron chi connectivity index (χ4n) is 0.995. The summed E-state index contributed by atoms with van der Waals surface area (Å²) in [5.41, 5.74) is 5.36. The van der Waals surface area contributed by atoms with E-state index in [0.29, 0.717) is 13.0 Å². The number of carbonyl (C=O) groups is 1. The molecule has 0 unspecified atom stereocenters. The Bertz CT molecular complexity index is 138. The van der Waals surface area contributed by atoms with Gasteiger partial charge in [-0.05, 0) is 12.8 Å². The van der Waals surface area contributed by atoms with Gasteiger partial charge in [0.05, 0.1) is 6.10 Å². The van der Waals surface area contributed by atoms with Gasteiger partial charge in [0.15, 0.2) is 0 Å². The molecule has 0 saturated carbocycles. The fourth-order valence-corrected chi connectivity index (χ4v) is 0.995. The first kappa shape index (κ1) is 7.50. The smallest absolute Gasteiger partial charge is 0.239 e. The molecule has 0 spiro atoms. The van der Waals surface area contributed by atoms with Gasteiger partial charge in [-0.1, -0.05) is 0 Å². The van der Waals surface area contributed by atoms with Crippen LogP contribution in [0, 0.1) is 0 Å². The third kappa shape index (κ3) is 1.46. The summed E-state index contributed by atoms with van der Waals surface area (Å²) in [6, 6.07) is -0.734. The number of carbonyl (C=O) groups excluding carboxylic acids is 1. The van der Waals surface area contributed by atoms with Gasteiger partial charge >= 0.3 is 0 Å². The van der Waals surface area contributed by atoms with E-state index in [1.54, 1.807) is 0 Å². The molecule has 1 aliphatic rings. The molecule has 0 bridgehead atoms. The second-order valence-corrected chi connectivity index (χ2v) is 2.53. The molecule has 1 fully saturated rings. The number of nitrogens with two attached hydrogens (primary N) is 1. The van der Waals surface area contributed by atoms with E-state index >= 15 is 0 Å². The van der Waals surface area contributed by atoms with Gasteiger partial charge in [-0.25, -0.2) is 0 Å². The van der Waals surface area contributed by atoms with E-state index < -0.39 is 12.1 Å². The van der Waals surface area contributed by atoms with Crippen LogP contribution in [0.2, 0.25) is 0 Å². The van der Waals surface area contributed by atoms with Crippen molar-refractivity contribution in [3.8, 4) is 0 Å². The van der Waals surface area contributed by atoms with Crippen LogP contribution in [0.15, 0.2) is 0 Å². The quantitative estimate of drug-likeness (QED) is 0.391. The molecule has 0 radical (unpaired) electrons. The molecule has 0 aromatic rings. The summed E-state index contributed by atoms with van der Waals surface area (Å²) < 4.78 is 0. The van der Waals surface area contributed by atoms with Crippen LogP contribution in [-0.2, 0) is 4.79 Å². The summed E-state index contributed by atoms with van der Waals surface area (Å²) in [5, 5.41) is 11.7. The first-order valence-electron chi connectivity index (χ1n) is 3.43. The highest BCUT2D eigenvalue weighted by Gasteiger charge is 2.24. The van der Waals surface area contributed by atoms with Crippen LogP contribution >= 0.6 is 0 Å². The third-order valence-electron chi connectivity index (χ3n) is 1.69. The topological polar surface area (TPSA) is 75.4 Å². The van der Waals surface area contributed by atoms with Crippen molar-refractivity contribution in [2.45, 2.75) is 25.0 Å². The summed E-state index contributed by atoms with van der Waals surface area (Å²) in [5.74, 6) is -0.245. The molecule has 4 N–H and O–H groups in total. The lowest BCUT2D eigenvalue weighted by atomic mass is 10.1. The van der Waals surface area contributed by atoms with Crippen molar-refractivity contribution in [1.29, 1.82) is 0 Å². The van der Waals surface area contributed by atoms with Gasteiger partial charge in [0.2, 0.25) is 5.91 Å². The lowest BCUT2D eigenvalue weighted by Gasteiger charge is -2.12. The number of aliphatic hydroxyl groups excluding tert-OH is 1. The van der Waals surface area contributed by atoms with E-state index in [-0.39, 0.29) is 5.91 Å². The van der Waals surface area contributed by atoms with Crippen molar-refractivity contribution in [3.05, 3.63) is 0 Å². The van der Waals surface area contributed by atoms with E-state index in [2.05, 4.69) is 5.32 Å². The zero-order valence-electron chi connectivity index (χ0n) is 5.71. The minimum Gasteiger partial charge on any atom is -0.391 e. The summed E-state index contributed by atoms with van der Waals surface area (Å²) >= 11 is 0. The number of aliphatic hydroxyl groups is 1. The first-order valence-corrected chi connectivity index (χ1v) is 3.43. The number of rotatable bonds is 0. The largest absolute Gasteiger partial charge is 0.391 e. The van der Waals surface area contributed by atoms with Gasteiger partial charge in [0.1, 0.15) is 6.04 Å². The van der Waals surface area contributed by atoms with Crippen molar-refractivity contribution in [2.24, 2.45) is 5.73 Å². The van der Waals surface area contributed by atoms with Gasteiger partial charge in [-0.15, -0.1) is 0 Å². The predicted octanol–water partition coefficient (Wildman–Crippen LogP) is -1.42. The van der Waals surface area contributed by atoms with Gasteiger partial charge in [-0.3, -0.25) is 4.79 Å². The maximum atomic E-state index is 10.8. The molecule has 1 heterocycles. The molecule has 4 nitrogen and oxygen atoms in total. The lowest BCUT2D eigenvalue weighted by molar-refractivity contribution is -0.123. The zero-order chi connectivity index (χ0) is 7.56. The summed E-state index contributed by atoms with van der Waals surface area (Å²) in [4.78, 5) is 10.8. The van der Waals surface area contributed by atoms with Crippen molar-refractivity contribution < 1.29 is 9.90 Å². The molecule has 10 heavy (non-hydrogen) atoms. The molecule has 58 valence electrons. The highest BCUT2D eigenvalue weighted by molar-refractivity contribution is 5.82. The highest BCUT2D eigenvalue weighted by Crippen LogP contribution is 2.03. The first-order chi connectivity index (χ1) is 4.72. The summed E-state index contributed by atoms with van der Waals surface area (Å²) in [7, 11) is 0. The molecule has 1 saturated heterocycles. The SMILES string of the molecule is N[C@H]1C(=O)NCCC[C@@H]1O. The van der Waals surface area contributed by atoms with Gasteiger partial charge < -0.3 is 16.2 Å². The minimum atomic E-state index is -0.734. The molecule has 1 rings (SSSR count). The minimum absolute atomic E-state index is 0.245. The van der Waals surface area contributed by atoms with Crippen LogP contribution in [-0.4, -0.2) is 29.7 Å². The van der Waals surface area contributed by atoms with Gasteiger partial charge in [-0.2, -0.15) is 0 Å². The Morgan fingerprint density at radius 3 is 3.10 bits per heavy atom. The number of amides is 1. The molecule has 2 atom stereocenters. The molecule has 0 aromatic heterocycles. The van der Waals surface area contributed by atoms with E-state index in [0.717, 1.165) is 6.42 Å². The Balaban J connectivity index is 2.55. The standard InChI is InChI=1S/C6H12N2O2/c7-5-4(9)2-1-3-8-6(5)10/h4-5,9H,1-3,7H2,(H,8,10)/t4-,5+/m0/s1. The molecule has 4 heteroatoms. The van der Waals surface area contributed by atoms with Crippen LogP contribution in [0.1, 0.15) is 12.8 Å². The van der Waals surface area contributed by atoms with Crippen LogP contribution in [0.25, 0.3) is 0 Å². The van der Waals surface area contributed by atoms with Crippen molar-refractivity contribution in [2.75, 3.05) is 6.54 Å². The summed E-state index contributed by atoms with van der Waals surface area (Å²) in [6.07, 6.45) is 0.753. The monoisotopic (exact) mass is 144 g/mol. The Morgan fingerprint density at radius 2 is 2.40 bits per heavy atom. The molecule has 1 aliphatic heterocycles. The average molecular weight is 144 g/mol. The normalized spacial score (nSPS) is 34.8. The van der Waals surface area contributed by atoms with E-state index in [1.807, 2.05) is 0 Å². The lowest BCUT2D eigenvalue weighted by Crippen LogP contribution is -2.45. The Labute approximate surface area is 59.4 Å². The predicted molar refractivity (Wildman–Crippen MR) is 36.2 cm³/mol. The molecule has 1 amide bonds. The van der Waals surface area contributed by atoms with E-state index in [4.69, 9.17) is 10.8 Å². The molecular formula is C6H12N2O2. The van der Waals surface area contributed by atoms with Crippen LogP contribution in [0.3, 0.4) is 0 Å². The maximum Gasteiger partial charge on any atom is 0.239 e. The third-order valence-corrected chi connectivity index (χ3v) is 1.69. The molecular weight excluding hydrogens is 132 g/mol. The number of hydrogen-bond donors (Lipinski definition) is 3. The number of hydrogen-bond acceptors (Lipinski definition) is 3. The Morgan fingerprint density at radius 1 is 1.70 bits per heavy atom. The van der Waals surface area contributed by atoms with Crippen LogP contribution in [0.4, 0.5) is 0 Å². The maximum absolute atomic E-state index is 10.8. The average Bonchev–Trinajstić information content (AvgIpc) is 2.04. The van der Waals surface area contributed by atoms with Gasteiger partial charge in [0, 0.05) is 6.54 Å². The van der Waals surface area contributed by atoms with Crippen molar-refractivity contribution in [3.63, 3.8) is 0 Å². The van der Waals surface area contributed by atoms with Crippen LogP contribution in [0.5, 0.6) is 0 Å². The second-order valence-electron chi connectivity index (χ2n) is 2.53. The zero-order valence-corrected chi connectivity index (χ0v) is 5.71. The van der Waals surface area contributed by atoms with E-state index in [9.17, 15) is 4.79 Å².